The maximum absolute atomic E-state index is 12.7. The summed E-state index contributed by atoms with van der Waals surface area (Å²) in [5.41, 5.74) is 22.1. The van der Waals surface area contributed by atoms with Crippen LogP contribution in [0.25, 0.3) is 22.3 Å². The highest BCUT2D eigenvalue weighted by atomic mass is 16.8. The Morgan fingerprint density at radius 1 is 0.504 bits per heavy atom. The Morgan fingerprint density at radius 2 is 0.872 bits per heavy atom. The highest BCUT2D eigenvalue weighted by Crippen LogP contribution is 2.44. The van der Waals surface area contributed by atoms with Gasteiger partial charge in [-0.1, -0.05) is 132 Å². The Kier molecular flexibility index (Phi) is 30.2. The Bertz CT molecular complexity index is 4560. The first-order valence-electron chi connectivity index (χ1n) is 40.0. The molecule has 0 spiro atoms. The number of benzene rings is 4. The second-order valence-electron chi connectivity index (χ2n) is 35.3. The standard InChI is InChI=1S/C29H42N8O4.C26H38N8O4.C15H22N2O2.C15H24N2O2/c1-28(2,3)18-9-11-19(12-10-18)34-27(38)36(7)14-8-13-35(6)15-20-22-23(41-29(4,5)40-22)26(39-20)37-17-33-21-24(30)31-16-32-25(21)37;1-26(2,3)16-7-9-17(10-8-16)31-25(37)33(5)12-6-11-32(4)13-18-20(35)21(36)24(38-18)34-15-30-19-22(27)28-14-29-23(19)34;1-15(2,3)11-5-7-12(8-6-11)17-13(18)9-10-16(4)14(17)19;1-15(2,3)12-6-8-13(9-7-12)16-14(19)17(4)10-5-11-18/h9-12,16-17,20,22-23,26H,8,13-15H2,1-7H3,(H,34,38)(H2,30,31,32);7-10,14-15,18,20-21,24,35-36H,6,11-13H2,1-5H3,(H,31,37)(H2,27,28,29);5-8,13,18H,9-10H2,1-4H3;6-9,18H,5,10-11H2,1-4H3,(H,16,19)/t20-,22-,23-,26-;18-,20-,21-,24-;;/m11../s1. The summed E-state index contributed by atoms with van der Waals surface area (Å²) in [6, 6.07) is 31.1. The molecule has 638 valence electrons. The number of likely N-dealkylation sites (N-methyl/N-ethyl adjacent to an activating group) is 2. The molecule has 4 fully saturated rings. The number of amides is 8. The summed E-state index contributed by atoms with van der Waals surface area (Å²) in [7, 11) is 11.0. The summed E-state index contributed by atoms with van der Waals surface area (Å²) in [6.07, 6.45) is 2.84. The number of nitrogens with one attached hydrogen (secondary N) is 3. The Labute approximate surface area is 688 Å². The first kappa shape index (κ1) is 91.2. The average molecular weight is 1620 g/mol. The molecule has 0 aliphatic carbocycles. The van der Waals surface area contributed by atoms with Crippen LogP contribution in [0.15, 0.2) is 122 Å². The van der Waals surface area contributed by atoms with Crippen molar-refractivity contribution in [2.45, 2.75) is 205 Å². The van der Waals surface area contributed by atoms with Crippen molar-refractivity contribution >= 4 is 80.8 Å². The summed E-state index contributed by atoms with van der Waals surface area (Å²) in [4.78, 5) is 86.6. The van der Waals surface area contributed by atoms with Gasteiger partial charge in [-0.2, -0.15) is 0 Å². The fourth-order valence-corrected chi connectivity index (χ4v) is 13.9. The number of fused-ring (bicyclic) bond motifs is 3. The van der Waals surface area contributed by atoms with E-state index < -0.39 is 42.8 Å². The number of aliphatic hydroxyl groups is 4. The molecule has 12 rings (SSSR count). The molecule has 0 saturated carbocycles. The summed E-state index contributed by atoms with van der Waals surface area (Å²) < 4.78 is 28.5. The van der Waals surface area contributed by atoms with Crippen LogP contribution in [0.3, 0.4) is 0 Å². The van der Waals surface area contributed by atoms with Crippen molar-refractivity contribution in [3.8, 4) is 0 Å². The maximum Gasteiger partial charge on any atom is 0.326 e. The van der Waals surface area contributed by atoms with Gasteiger partial charge in [0.15, 0.2) is 41.2 Å². The molecule has 9 atom stereocenters. The van der Waals surface area contributed by atoms with E-state index in [2.05, 4.69) is 146 Å². The molecule has 4 aromatic heterocycles. The van der Waals surface area contributed by atoms with Gasteiger partial charge in [-0.05, 0) is 153 Å². The molecule has 11 N–H and O–H groups in total. The van der Waals surface area contributed by atoms with Gasteiger partial charge in [0.25, 0.3) is 0 Å². The fourth-order valence-electron chi connectivity index (χ4n) is 13.9. The van der Waals surface area contributed by atoms with Crippen molar-refractivity contribution in [1.29, 1.82) is 0 Å². The number of anilines is 6. The van der Waals surface area contributed by atoms with Crippen molar-refractivity contribution in [2.75, 3.05) is 134 Å². The molecule has 8 aromatic rings. The predicted octanol–water partition coefficient (Wildman–Crippen LogP) is 10.8. The number of hydrogen-bond donors (Lipinski definition) is 9. The summed E-state index contributed by atoms with van der Waals surface area (Å²) in [5, 5.41) is 48.8. The zero-order valence-electron chi connectivity index (χ0n) is 71.9. The van der Waals surface area contributed by atoms with Crippen molar-refractivity contribution in [1.82, 2.24) is 68.4 Å². The lowest BCUT2D eigenvalue weighted by Crippen LogP contribution is -2.53. The number of carbonyl (C=O) groups is 4. The van der Waals surface area contributed by atoms with Gasteiger partial charge in [0, 0.05) is 103 Å². The van der Waals surface area contributed by atoms with Crippen molar-refractivity contribution in [3.05, 3.63) is 145 Å². The number of nitrogens with two attached hydrogens (primary N) is 2. The molecule has 32 heteroatoms. The Morgan fingerprint density at radius 3 is 1.27 bits per heavy atom. The highest BCUT2D eigenvalue weighted by Gasteiger charge is 2.56. The molecule has 0 bridgehead atoms. The van der Waals surface area contributed by atoms with Gasteiger partial charge in [0.1, 0.15) is 66.5 Å². The normalized spacial score (nSPS) is 20.6. The molecule has 4 aliphatic heterocycles. The van der Waals surface area contributed by atoms with Crippen LogP contribution in [-0.2, 0) is 40.6 Å². The molecule has 117 heavy (non-hydrogen) atoms. The summed E-state index contributed by atoms with van der Waals surface area (Å²) >= 11 is 0. The molecule has 8 heterocycles. The topological polar surface area (TPSA) is 384 Å². The highest BCUT2D eigenvalue weighted by molar-refractivity contribution is 5.93. The van der Waals surface area contributed by atoms with E-state index in [-0.39, 0.29) is 76.5 Å². The number of imidazole rings is 2. The summed E-state index contributed by atoms with van der Waals surface area (Å²) in [5.74, 6) is -0.183. The fraction of sp³-hybridized carbons (Fsp3) is 0.553. The van der Waals surface area contributed by atoms with Gasteiger partial charge in [0.05, 0.1) is 12.7 Å². The first-order valence-corrected chi connectivity index (χ1v) is 40.0. The van der Waals surface area contributed by atoms with Crippen LogP contribution in [0.1, 0.15) is 157 Å². The van der Waals surface area contributed by atoms with E-state index in [0.717, 1.165) is 42.1 Å². The van der Waals surface area contributed by atoms with Gasteiger partial charge < -0.3 is 96.2 Å². The lowest BCUT2D eigenvalue weighted by atomic mass is 9.87. The zero-order chi connectivity index (χ0) is 85.8. The van der Waals surface area contributed by atoms with E-state index in [0.29, 0.717) is 86.8 Å². The van der Waals surface area contributed by atoms with Crippen molar-refractivity contribution in [3.63, 3.8) is 0 Å². The second-order valence-corrected chi connectivity index (χ2v) is 35.3. The van der Waals surface area contributed by atoms with Crippen LogP contribution in [0.4, 0.5) is 53.6 Å². The Balaban J connectivity index is 0.000000189. The Hall–Kier alpha value is -9.74. The molecule has 32 nitrogen and oxygen atoms in total. The molecule has 1 unspecified atom stereocenters. The molecule has 4 aromatic carbocycles. The number of urea groups is 4. The van der Waals surface area contributed by atoms with E-state index in [1.165, 1.54) is 46.1 Å². The zero-order valence-corrected chi connectivity index (χ0v) is 71.9. The van der Waals surface area contributed by atoms with Gasteiger partial charge in [-0.15, -0.1) is 0 Å². The predicted molar refractivity (Wildman–Crippen MR) is 456 cm³/mol. The second kappa shape index (κ2) is 38.8. The maximum atomic E-state index is 12.7. The van der Waals surface area contributed by atoms with Crippen LogP contribution < -0.4 is 32.3 Å². The first-order chi connectivity index (χ1) is 54.9. The minimum absolute atomic E-state index is 0.0568. The molecule has 4 aliphatic rings. The van der Waals surface area contributed by atoms with Gasteiger partial charge >= 0.3 is 24.1 Å². The van der Waals surface area contributed by atoms with E-state index in [1.807, 2.05) is 129 Å². The molecule has 4 saturated heterocycles. The minimum atomic E-state index is -1.16. The summed E-state index contributed by atoms with van der Waals surface area (Å²) in [6.45, 7) is 34.6. The van der Waals surface area contributed by atoms with Crippen LogP contribution in [-0.4, -0.2) is 263 Å². The van der Waals surface area contributed by atoms with Gasteiger partial charge in [-0.3, -0.25) is 14.0 Å². The van der Waals surface area contributed by atoms with Crippen molar-refractivity contribution in [2.24, 2.45) is 0 Å². The van der Waals surface area contributed by atoms with E-state index in [4.69, 9.17) is 35.5 Å². The van der Waals surface area contributed by atoms with Gasteiger partial charge in [-0.25, -0.2) is 49.1 Å². The lowest BCUT2D eigenvalue weighted by Gasteiger charge is -2.37. The number of nitrogen functional groups attached to an aromatic ring is 2. The molecular formula is C85H126N20O12. The third kappa shape index (κ3) is 24.0. The molecule has 8 amide bonds. The van der Waals surface area contributed by atoms with Crippen LogP contribution in [0.2, 0.25) is 0 Å². The number of aliphatic hydroxyl groups excluding tert-OH is 4. The van der Waals surface area contributed by atoms with Crippen LogP contribution in [0.5, 0.6) is 0 Å². The van der Waals surface area contributed by atoms with Crippen molar-refractivity contribution < 1.29 is 58.6 Å². The number of hydrogen-bond acceptors (Lipinski definition) is 22. The largest absolute Gasteiger partial charge is 0.396 e. The molecular weight excluding hydrogens is 1490 g/mol. The monoisotopic (exact) mass is 1620 g/mol. The number of aromatic nitrogens is 8. The van der Waals surface area contributed by atoms with E-state index in [1.54, 1.807) is 51.6 Å². The van der Waals surface area contributed by atoms with Crippen LogP contribution in [0, 0.1) is 0 Å². The number of ether oxygens (including phenoxy) is 4. The smallest absolute Gasteiger partial charge is 0.326 e. The number of nitrogens with zero attached hydrogens (tertiary/aromatic N) is 15. The third-order valence-electron chi connectivity index (χ3n) is 21.1. The SMILES string of the molecule is CN(CCCN(C)C(=O)Nc1ccc(C(C)(C)C)cc1)C[C@H]1O[C@@H](n2cnc3c(N)ncnc32)[C@@H]2OC(C)(C)O[C@@H]21.CN(CCCN(C)C(=O)Nc1ccc(C(C)(C)C)cc1)C[C@H]1O[C@@H](n2cnc3c(N)ncnc32)[C@H](O)[C@@H]1O.CN(CCCO)C(=O)Nc1ccc(C(C)(C)C)cc1.CN1CCC(O)N(c2ccc(C(C)(C)C)cc2)C1=O. The van der Waals surface area contributed by atoms with Gasteiger partial charge in [0.2, 0.25) is 0 Å². The quantitative estimate of drug-likeness (QED) is 0.0323. The number of carbonyl (C=O) groups excluding carboxylic acids is 4. The van der Waals surface area contributed by atoms with E-state index in [9.17, 15) is 34.5 Å². The number of rotatable bonds is 21. The van der Waals surface area contributed by atoms with Crippen LogP contribution >= 0.6 is 0 Å². The van der Waals surface area contributed by atoms with E-state index >= 15 is 0 Å². The third-order valence-corrected chi connectivity index (χ3v) is 21.1. The molecule has 0 radical (unpaired) electrons. The average Bonchev–Trinajstić information content (AvgIpc) is 1.59. The lowest BCUT2D eigenvalue weighted by molar-refractivity contribution is -0.197. The minimum Gasteiger partial charge on any atom is -0.396 e.